The highest BCUT2D eigenvalue weighted by Gasteiger charge is 1.87. The highest BCUT2D eigenvalue weighted by atomic mass is 127. The molecule has 0 amide bonds. The first-order valence-corrected chi connectivity index (χ1v) is 5.33. The van der Waals surface area contributed by atoms with Crippen LogP contribution in [-0.2, 0) is 0 Å². The third-order valence-electron chi connectivity index (χ3n) is 1.62. The molecule has 0 fully saturated rings. The lowest BCUT2D eigenvalue weighted by Crippen LogP contribution is -1.98. The van der Waals surface area contributed by atoms with Crippen molar-refractivity contribution >= 4 is 22.9 Å². The van der Waals surface area contributed by atoms with Crippen molar-refractivity contribution in [3.05, 3.63) is 0 Å². The Morgan fingerprint density at radius 1 is 1.00 bits per heavy atom. The van der Waals surface area contributed by atoms with Crippen LogP contribution in [-0.4, -0.2) is 6.54 Å². The van der Waals surface area contributed by atoms with Crippen molar-refractivity contribution in [3.63, 3.8) is 0 Å². The van der Waals surface area contributed by atoms with Gasteiger partial charge in [-0.2, -0.15) is 0 Å². The predicted octanol–water partition coefficient (Wildman–Crippen LogP) is 3.29. The minimum absolute atomic E-state index is 1.17. The SMILES string of the molecule is CCCCCCCCNI. The van der Waals surface area contributed by atoms with E-state index in [2.05, 4.69) is 33.3 Å². The van der Waals surface area contributed by atoms with Crippen LogP contribution in [0.15, 0.2) is 0 Å². The van der Waals surface area contributed by atoms with Crippen LogP contribution in [0.2, 0.25) is 0 Å². The smallest absolute Gasteiger partial charge is 0.0169 e. The zero-order valence-corrected chi connectivity index (χ0v) is 8.99. The third-order valence-corrected chi connectivity index (χ3v) is 2.16. The summed E-state index contributed by atoms with van der Waals surface area (Å²) in [5.74, 6) is 0. The molecule has 0 spiro atoms. The second-order valence-corrected chi connectivity index (χ2v) is 3.41. The number of hydrogen-bond acceptors (Lipinski definition) is 1. The molecule has 2 heteroatoms. The van der Waals surface area contributed by atoms with Crippen molar-refractivity contribution in [2.45, 2.75) is 45.4 Å². The molecule has 0 heterocycles. The fourth-order valence-corrected chi connectivity index (χ4v) is 1.35. The molecule has 0 aromatic carbocycles. The van der Waals surface area contributed by atoms with E-state index in [-0.39, 0.29) is 0 Å². The summed E-state index contributed by atoms with van der Waals surface area (Å²) in [5, 5.41) is 0. The van der Waals surface area contributed by atoms with Gasteiger partial charge >= 0.3 is 0 Å². The summed E-state index contributed by atoms with van der Waals surface area (Å²) < 4.78 is 3.13. The van der Waals surface area contributed by atoms with Gasteiger partial charge in [0.2, 0.25) is 0 Å². The van der Waals surface area contributed by atoms with Gasteiger partial charge < -0.3 is 0 Å². The molecule has 0 bridgehead atoms. The Morgan fingerprint density at radius 2 is 1.60 bits per heavy atom. The number of rotatable bonds is 7. The predicted molar refractivity (Wildman–Crippen MR) is 55.4 cm³/mol. The van der Waals surface area contributed by atoms with E-state index in [1.54, 1.807) is 0 Å². The van der Waals surface area contributed by atoms with Crippen LogP contribution in [0, 0.1) is 0 Å². The van der Waals surface area contributed by atoms with Crippen LogP contribution >= 0.6 is 22.9 Å². The highest BCUT2D eigenvalue weighted by Crippen LogP contribution is 2.03. The van der Waals surface area contributed by atoms with E-state index in [0.29, 0.717) is 0 Å². The van der Waals surface area contributed by atoms with Gasteiger partial charge in [-0.25, -0.2) is 0 Å². The van der Waals surface area contributed by atoms with E-state index in [4.69, 9.17) is 0 Å². The molecular formula is C8H18IN. The van der Waals surface area contributed by atoms with Crippen LogP contribution in [0.1, 0.15) is 45.4 Å². The Kier molecular flexibility index (Phi) is 10.4. The number of halogens is 1. The minimum Gasteiger partial charge on any atom is -0.261 e. The van der Waals surface area contributed by atoms with Gasteiger partial charge in [0.05, 0.1) is 0 Å². The van der Waals surface area contributed by atoms with Gasteiger partial charge in [-0.1, -0.05) is 39.0 Å². The summed E-state index contributed by atoms with van der Waals surface area (Å²) in [5.41, 5.74) is 0. The summed E-state index contributed by atoms with van der Waals surface area (Å²) in [6.45, 7) is 3.43. The Hall–Kier alpha value is 0.690. The molecule has 1 nitrogen and oxygen atoms in total. The van der Waals surface area contributed by atoms with Crippen molar-refractivity contribution in [3.8, 4) is 0 Å². The first-order chi connectivity index (χ1) is 4.91. The average molecular weight is 255 g/mol. The van der Waals surface area contributed by atoms with Gasteiger partial charge in [-0.15, -0.1) is 0 Å². The summed E-state index contributed by atoms with van der Waals surface area (Å²) in [7, 11) is 0. The summed E-state index contributed by atoms with van der Waals surface area (Å²) >= 11 is 2.21. The molecule has 0 rings (SSSR count). The molecule has 0 saturated heterocycles. The Labute approximate surface area is 78.5 Å². The van der Waals surface area contributed by atoms with Crippen molar-refractivity contribution < 1.29 is 0 Å². The number of nitrogens with one attached hydrogen (secondary N) is 1. The summed E-state index contributed by atoms with van der Waals surface area (Å²) in [6, 6.07) is 0. The second kappa shape index (κ2) is 9.69. The van der Waals surface area contributed by atoms with Crippen LogP contribution in [0.25, 0.3) is 0 Å². The molecule has 0 aliphatic heterocycles. The first-order valence-electron chi connectivity index (χ1n) is 4.25. The van der Waals surface area contributed by atoms with E-state index in [1.807, 2.05) is 0 Å². The van der Waals surface area contributed by atoms with E-state index in [9.17, 15) is 0 Å². The molecule has 0 aliphatic rings. The standard InChI is InChI=1S/C8H18IN/c1-2-3-4-5-6-7-8-10-9/h10H,2-8H2,1H3. The van der Waals surface area contributed by atoms with Gasteiger partial charge in [-0.3, -0.25) is 3.53 Å². The van der Waals surface area contributed by atoms with Gasteiger partial charge in [0.15, 0.2) is 0 Å². The maximum Gasteiger partial charge on any atom is 0.0169 e. The first kappa shape index (κ1) is 10.7. The van der Waals surface area contributed by atoms with Gasteiger partial charge in [0.1, 0.15) is 0 Å². The molecule has 62 valence electrons. The van der Waals surface area contributed by atoms with E-state index in [1.165, 1.54) is 45.1 Å². The maximum absolute atomic E-state index is 3.13. The van der Waals surface area contributed by atoms with E-state index < -0.39 is 0 Å². The zero-order chi connectivity index (χ0) is 7.66. The van der Waals surface area contributed by atoms with E-state index in [0.717, 1.165) is 0 Å². The molecule has 0 aliphatic carbocycles. The second-order valence-electron chi connectivity index (χ2n) is 2.65. The van der Waals surface area contributed by atoms with Crippen LogP contribution < -0.4 is 3.53 Å². The lowest BCUT2D eigenvalue weighted by molar-refractivity contribution is 0.608. The van der Waals surface area contributed by atoms with Crippen molar-refractivity contribution in [2.24, 2.45) is 0 Å². The Bertz CT molecular complexity index is 49.2. The highest BCUT2D eigenvalue weighted by molar-refractivity contribution is 14.1. The molecule has 1 N–H and O–H groups in total. The fourth-order valence-electron chi connectivity index (χ4n) is 0.972. The number of hydrogen-bond donors (Lipinski definition) is 1. The molecule has 0 atom stereocenters. The molecular weight excluding hydrogens is 237 g/mol. The van der Waals surface area contributed by atoms with E-state index >= 15 is 0 Å². The molecule has 0 radical (unpaired) electrons. The van der Waals surface area contributed by atoms with Crippen molar-refractivity contribution in [1.82, 2.24) is 3.53 Å². The quantitative estimate of drug-likeness (QED) is 0.418. The monoisotopic (exact) mass is 255 g/mol. The van der Waals surface area contributed by atoms with Crippen LogP contribution in [0.4, 0.5) is 0 Å². The Balaban J connectivity index is 2.65. The van der Waals surface area contributed by atoms with Crippen LogP contribution in [0.3, 0.4) is 0 Å². The summed E-state index contributed by atoms with van der Waals surface area (Å²) in [6.07, 6.45) is 8.36. The molecule has 0 aromatic rings. The lowest BCUT2D eigenvalue weighted by atomic mass is 10.1. The fraction of sp³-hybridized carbons (Fsp3) is 1.00. The zero-order valence-electron chi connectivity index (χ0n) is 6.83. The topological polar surface area (TPSA) is 12.0 Å². The average Bonchev–Trinajstić information content (AvgIpc) is 1.97. The van der Waals surface area contributed by atoms with Gasteiger partial charge in [0.25, 0.3) is 0 Å². The molecule has 0 aromatic heterocycles. The molecule has 0 saturated carbocycles. The third kappa shape index (κ3) is 8.69. The van der Waals surface area contributed by atoms with Gasteiger partial charge in [-0.05, 0) is 6.42 Å². The van der Waals surface area contributed by atoms with Crippen molar-refractivity contribution in [1.29, 1.82) is 0 Å². The maximum atomic E-state index is 3.13. The summed E-state index contributed by atoms with van der Waals surface area (Å²) in [4.78, 5) is 0. The van der Waals surface area contributed by atoms with Gasteiger partial charge in [0, 0.05) is 29.4 Å². The Morgan fingerprint density at radius 3 is 2.20 bits per heavy atom. The number of unbranched alkanes of at least 4 members (excludes halogenated alkanes) is 5. The largest absolute Gasteiger partial charge is 0.261 e. The van der Waals surface area contributed by atoms with Crippen molar-refractivity contribution in [2.75, 3.05) is 6.54 Å². The normalized spacial score (nSPS) is 10.2. The lowest BCUT2D eigenvalue weighted by Gasteiger charge is -1.98. The van der Waals surface area contributed by atoms with Crippen LogP contribution in [0.5, 0.6) is 0 Å². The molecule has 0 unspecified atom stereocenters. The molecule has 10 heavy (non-hydrogen) atoms. The minimum atomic E-state index is 1.17.